The molecule has 0 unspecified atom stereocenters. The number of anilines is 2. The largest absolute Gasteiger partial charge is 0.354 e. The third kappa shape index (κ3) is 4.25. The summed E-state index contributed by atoms with van der Waals surface area (Å²) in [5.74, 6) is 1.88. The Bertz CT molecular complexity index is 995. The standard InChI is InChI=1S/C17H23N5O4S2/c1-11(2)16-18-12(3)9-14(19-16)20-5-7-21(8-6-20)17-13(22(23)24)10-15(27-17)28(4,25)26/h9-11H,5-8H2,1-4H3. The van der Waals surface area contributed by atoms with Crippen molar-refractivity contribution in [3.8, 4) is 0 Å². The second-order valence-corrected chi connectivity index (χ2v) is 10.4. The molecule has 0 aromatic carbocycles. The van der Waals surface area contributed by atoms with Gasteiger partial charge in [0.15, 0.2) is 14.8 Å². The van der Waals surface area contributed by atoms with Crippen LogP contribution < -0.4 is 9.80 Å². The van der Waals surface area contributed by atoms with Crippen molar-refractivity contribution in [3.63, 3.8) is 0 Å². The van der Waals surface area contributed by atoms with Gasteiger partial charge in [-0.2, -0.15) is 0 Å². The normalized spacial score (nSPS) is 15.3. The Morgan fingerprint density at radius 1 is 1.14 bits per heavy atom. The molecule has 0 bridgehead atoms. The van der Waals surface area contributed by atoms with Gasteiger partial charge in [-0.1, -0.05) is 25.2 Å². The summed E-state index contributed by atoms with van der Waals surface area (Å²) in [7, 11) is -3.49. The molecule has 28 heavy (non-hydrogen) atoms. The highest BCUT2D eigenvalue weighted by Gasteiger charge is 2.30. The molecule has 0 atom stereocenters. The molecular formula is C17H23N5O4S2. The molecule has 1 aliphatic heterocycles. The van der Waals surface area contributed by atoms with Crippen LogP contribution in [0, 0.1) is 17.0 Å². The van der Waals surface area contributed by atoms with Crippen LogP contribution in [0.15, 0.2) is 16.3 Å². The van der Waals surface area contributed by atoms with Gasteiger partial charge in [-0.3, -0.25) is 10.1 Å². The average molecular weight is 426 g/mol. The molecule has 0 spiro atoms. The van der Waals surface area contributed by atoms with Crippen LogP contribution in [0.25, 0.3) is 0 Å². The van der Waals surface area contributed by atoms with E-state index in [1.54, 1.807) is 0 Å². The molecule has 152 valence electrons. The lowest BCUT2D eigenvalue weighted by Crippen LogP contribution is -2.46. The van der Waals surface area contributed by atoms with Crippen LogP contribution in [0.3, 0.4) is 0 Å². The molecule has 1 saturated heterocycles. The lowest BCUT2D eigenvalue weighted by Gasteiger charge is -2.35. The predicted molar refractivity (Wildman–Crippen MR) is 109 cm³/mol. The third-order valence-corrected chi connectivity index (χ3v) is 7.49. The molecule has 0 amide bonds. The molecule has 9 nitrogen and oxygen atoms in total. The zero-order valence-corrected chi connectivity index (χ0v) is 17.9. The summed E-state index contributed by atoms with van der Waals surface area (Å²) in [6.45, 7) is 8.40. The molecule has 2 aromatic rings. The van der Waals surface area contributed by atoms with E-state index < -0.39 is 14.8 Å². The van der Waals surface area contributed by atoms with E-state index in [0.717, 1.165) is 41.0 Å². The van der Waals surface area contributed by atoms with Gasteiger partial charge in [0, 0.05) is 56.2 Å². The molecule has 1 fully saturated rings. The summed E-state index contributed by atoms with van der Waals surface area (Å²) in [4.78, 5) is 24.0. The van der Waals surface area contributed by atoms with E-state index in [-0.39, 0.29) is 15.8 Å². The summed E-state index contributed by atoms with van der Waals surface area (Å²) in [5, 5.41) is 11.8. The van der Waals surface area contributed by atoms with Crippen molar-refractivity contribution in [1.82, 2.24) is 9.97 Å². The molecule has 0 N–H and O–H groups in total. The van der Waals surface area contributed by atoms with Crippen LogP contribution in [-0.2, 0) is 9.84 Å². The number of thiophene rings is 1. The number of hydrogen-bond acceptors (Lipinski definition) is 9. The van der Waals surface area contributed by atoms with Crippen molar-refractivity contribution in [1.29, 1.82) is 0 Å². The summed E-state index contributed by atoms with van der Waals surface area (Å²) in [6.07, 6.45) is 1.06. The monoisotopic (exact) mass is 425 g/mol. The third-order valence-electron chi connectivity index (χ3n) is 4.50. The Kier molecular flexibility index (Phi) is 5.57. The average Bonchev–Trinajstić information content (AvgIpc) is 3.07. The van der Waals surface area contributed by atoms with Gasteiger partial charge >= 0.3 is 5.69 Å². The van der Waals surface area contributed by atoms with E-state index in [9.17, 15) is 18.5 Å². The van der Waals surface area contributed by atoms with Crippen LogP contribution in [-0.4, -0.2) is 55.7 Å². The Morgan fingerprint density at radius 2 is 1.75 bits per heavy atom. The first-order chi connectivity index (χ1) is 13.1. The number of rotatable bonds is 5. The maximum Gasteiger partial charge on any atom is 0.305 e. The lowest BCUT2D eigenvalue weighted by molar-refractivity contribution is -0.383. The fourth-order valence-corrected chi connectivity index (χ4v) is 5.10. The fraction of sp³-hybridized carbons (Fsp3) is 0.529. The van der Waals surface area contributed by atoms with Gasteiger partial charge in [-0.15, -0.1) is 0 Å². The number of hydrogen-bond donors (Lipinski definition) is 0. The number of nitro groups is 1. The first-order valence-electron chi connectivity index (χ1n) is 8.90. The molecule has 1 aliphatic rings. The quantitative estimate of drug-likeness (QED) is 0.531. The minimum atomic E-state index is -3.49. The first kappa shape index (κ1) is 20.5. The predicted octanol–water partition coefficient (Wildman–Crippen LogP) is 2.61. The maximum atomic E-state index is 11.8. The summed E-state index contributed by atoms with van der Waals surface area (Å²) in [5.41, 5.74) is 0.752. The van der Waals surface area contributed by atoms with Gasteiger partial charge < -0.3 is 9.80 Å². The second-order valence-electron chi connectivity index (χ2n) is 7.14. The van der Waals surface area contributed by atoms with E-state index >= 15 is 0 Å². The zero-order valence-electron chi connectivity index (χ0n) is 16.2. The minimum Gasteiger partial charge on any atom is -0.354 e. The Hall–Kier alpha value is -2.27. The van der Waals surface area contributed by atoms with Gasteiger partial charge in [0.1, 0.15) is 15.9 Å². The highest BCUT2D eigenvalue weighted by atomic mass is 32.2. The molecular weight excluding hydrogens is 402 g/mol. The van der Waals surface area contributed by atoms with Crippen molar-refractivity contribution in [2.75, 3.05) is 42.2 Å². The lowest BCUT2D eigenvalue weighted by atomic mass is 10.2. The smallest absolute Gasteiger partial charge is 0.305 e. The highest BCUT2D eigenvalue weighted by molar-refractivity contribution is 7.92. The van der Waals surface area contributed by atoms with Crippen LogP contribution in [0.4, 0.5) is 16.5 Å². The van der Waals surface area contributed by atoms with Gasteiger partial charge in [0.05, 0.1) is 4.92 Å². The first-order valence-corrected chi connectivity index (χ1v) is 11.6. The van der Waals surface area contributed by atoms with E-state index in [2.05, 4.69) is 14.9 Å². The second kappa shape index (κ2) is 7.63. The summed E-state index contributed by atoms with van der Waals surface area (Å²) < 4.78 is 23.6. The number of sulfone groups is 1. The van der Waals surface area contributed by atoms with Crippen molar-refractivity contribution in [2.45, 2.75) is 30.9 Å². The van der Waals surface area contributed by atoms with E-state index in [0.29, 0.717) is 31.2 Å². The van der Waals surface area contributed by atoms with Crippen molar-refractivity contribution in [2.24, 2.45) is 0 Å². The van der Waals surface area contributed by atoms with Crippen molar-refractivity contribution >= 4 is 37.7 Å². The number of aromatic nitrogens is 2. The van der Waals surface area contributed by atoms with Crippen LogP contribution in [0.5, 0.6) is 0 Å². The topological polar surface area (TPSA) is 110 Å². The molecule has 2 aromatic heterocycles. The molecule has 3 rings (SSSR count). The summed E-state index contributed by atoms with van der Waals surface area (Å²) >= 11 is 0.959. The van der Waals surface area contributed by atoms with Crippen LogP contribution >= 0.6 is 11.3 Å². The molecule has 0 aliphatic carbocycles. The van der Waals surface area contributed by atoms with Crippen molar-refractivity contribution < 1.29 is 13.3 Å². The van der Waals surface area contributed by atoms with Gasteiger partial charge in [0.2, 0.25) is 0 Å². The number of piperazine rings is 1. The SMILES string of the molecule is Cc1cc(N2CCN(c3sc(S(C)(=O)=O)cc3[N+](=O)[O-])CC2)nc(C(C)C)n1. The van der Waals surface area contributed by atoms with Crippen LogP contribution in [0.2, 0.25) is 0 Å². The molecule has 3 heterocycles. The molecule has 11 heteroatoms. The summed E-state index contributed by atoms with van der Waals surface area (Å²) in [6, 6.07) is 3.10. The minimum absolute atomic E-state index is 0.0182. The molecule has 0 saturated carbocycles. The number of aryl methyl sites for hydroxylation is 1. The van der Waals surface area contributed by atoms with Crippen LogP contribution in [0.1, 0.15) is 31.3 Å². The van der Waals surface area contributed by atoms with Gasteiger partial charge in [-0.05, 0) is 6.92 Å². The Balaban J connectivity index is 1.81. The van der Waals surface area contributed by atoms with E-state index in [1.807, 2.05) is 31.7 Å². The molecule has 0 radical (unpaired) electrons. The zero-order chi connectivity index (χ0) is 20.6. The van der Waals surface area contributed by atoms with Gasteiger partial charge in [0.25, 0.3) is 0 Å². The fourth-order valence-electron chi connectivity index (χ4n) is 3.02. The van der Waals surface area contributed by atoms with Crippen molar-refractivity contribution in [3.05, 3.63) is 33.8 Å². The van der Waals surface area contributed by atoms with E-state index in [4.69, 9.17) is 0 Å². The Morgan fingerprint density at radius 3 is 2.29 bits per heavy atom. The highest BCUT2D eigenvalue weighted by Crippen LogP contribution is 2.40. The van der Waals surface area contributed by atoms with E-state index in [1.165, 1.54) is 0 Å². The maximum absolute atomic E-state index is 11.8. The van der Waals surface area contributed by atoms with Gasteiger partial charge in [-0.25, -0.2) is 18.4 Å². The number of nitrogens with zero attached hydrogens (tertiary/aromatic N) is 5. The Labute approximate surface area is 168 Å².